The second-order valence-corrected chi connectivity index (χ2v) is 4.07. The molecule has 1 saturated carbocycles. The summed E-state index contributed by atoms with van der Waals surface area (Å²) in [5.41, 5.74) is 6.77. The van der Waals surface area contributed by atoms with Gasteiger partial charge in [0.15, 0.2) is 0 Å². The SMILES string of the molecule is N[C@H](CC1CC1)c1cc(O)cc(O)c1. The highest BCUT2D eigenvalue weighted by Gasteiger charge is 2.24. The maximum Gasteiger partial charge on any atom is 0.119 e. The van der Waals surface area contributed by atoms with Gasteiger partial charge in [0, 0.05) is 12.1 Å². The molecule has 0 radical (unpaired) electrons. The standard InChI is InChI=1S/C11H15NO2/c12-11(3-7-1-2-7)8-4-9(13)6-10(14)5-8/h4-7,11,13-14H,1-3,12H2/t11-/m1/s1. The Balaban J connectivity index is 2.12. The lowest BCUT2D eigenvalue weighted by atomic mass is 10.0. The van der Waals surface area contributed by atoms with E-state index < -0.39 is 0 Å². The van der Waals surface area contributed by atoms with E-state index in [1.54, 1.807) is 12.1 Å². The van der Waals surface area contributed by atoms with Gasteiger partial charge in [-0.1, -0.05) is 12.8 Å². The summed E-state index contributed by atoms with van der Waals surface area (Å²) in [5, 5.41) is 18.6. The molecule has 1 atom stereocenters. The molecular formula is C11H15NO2. The summed E-state index contributed by atoms with van der Waals surface area (Å²) in [6.45, 7) is 0. The number of rotatable bonds is 3. The number of phenolic OH excluding ortho intramolecular Hbond substituents is 2. The number of benzene rings is 1. The Bertz CT molecular complexity index is 314. The van der Waals surface area contributed by atoms with E-state index in [2.05, 4.69) is 0 Å². The third-order valence-electron chi connectivity index (χ3n) is 2.64. The summed E-state index contributed by atoms with van der Waals surface area (Å²) >= 11 is 0. The number of aromatic hydroxyl groups is 2. The van der Waals surface area contributed by atoms with Crippen LogP contribution in [0.5, 0.6) is 11.5 Å². The van der Waals surface area contributed by atoms with E-state index in [-0.39, 0.29) is 17.5 Å². The van der Waals surface area contributed by atoms with Crippen molar-refractivity contribution < 1.29 is 10.2 Å². The first-order valence-electron chi connectivity index (χ1n) is 4.93. The van der Waals surface area contributed by atoms with Gasteiger partial charge in [0.25, 0.3) is 0 Å². The molecule has 0 spiro atoms. The van der Waals surface area contributed by atoms with Gasteiger partial charge in [-0.3, -0.25) is 0 Å². The molecule has 4 N–H and O–H groups in total. The highest BCUT2D eigenvalue weighted by atomic mass is 16.3. The van der Waals surface area contributed by atoms with Crippen molar-refractivity contribution in [3.8, 4) is 11.5 Å². The van der Waals surface area contributed by atoms with Crippen molar-refractivity contribution in [1.29, 1.82) is 0 Å². The molecule has 2 rings (SSSR count). The van der Waals surface area contributed by atoms with E-state index in [9.17, 15) is 10.2 Å². The number of nitrogens with two attached hydrogens (primary N) is 1. The van der Waals surface area contributed by atoms with E-state index in [4.69, 9.17) is 5.73 Å². The molecule has 0 bridgehead atoms. The molecule has 1 aliphatic rings. The van der Waals surface area contributed by atoms with Crippen LogP contribution in [0.4, 0.5) is 0 Å². The minimum atomic E-state index is -0.0690. The van der Waals surface area contributed by atoms with Gasteiger partial charge in [-0.2, -0.15) is 0 Å². The molecule has 76 valence electrons. The van der Waals surface area contributed by atoms with Crippen LogP contribution in [0.25, 0.3) is 0 Å². The summed E-state index contributed by atoms with van der Waals surface area (Å²) in [6.07, 6.45) is 3.47. The van der Waals surface area contributed by atoms with Crippen molar-refractivity contribution in [2.24, 2.45) is 11.7 Å². The Morgan fingerprint density at radius 2 is 1.79 bits per heavy atom. The lowest BCUT2D eigenvalue weighted by molar-refractivity contribution is 0.446. The van der Waals surface area contributed by atoms with Gasteiger partial charge in [-0.15, -0.1) is 0 Å². The van der Waals surface area contributed by atoms with Crippen LogP contribution in [-0.4, -0.2) is 10.2 Å². The largest absolute Gasteiger partial charge is 0.508 e. The van der Waals surface area contributed by atoms with Crippen LogP contribution in [0.15, 0.2) is 18.2 Å². The predicted octanol–water partition coefficient (Wildman–Crippen LogP) is 1.90. The summed E-state index contributed by atoms with van der Waals surface area (Å²) in [5.74, 6) is 0.895. The van der Waals surface area contributed by atoms with Gasteiger partial charge in [0.05, 0.1) is 0 Å². The van der Waals surface area contributed by atoms with E-state index in [1.807, 2.05) is 0 Å². The maximum atomic E-state index is 9.28. The predicted molar refractivity (Wildman–Crippen MR) is 54.0 cm³/mol. The quantitative estimate of drug-likeness (QED) is 0.686. The van der Waals surface area contributed by atoms with Crippen LogP contribution >= 0.6 is 0 Å². The Kier molecular flexibility index (Phi) is 2.33. The van der Waals surface area contributed by atoms with Crippen LogP contribution in [0.1, 0.15) is 30.9 Å². The van der Waals surface area contributed by atoms with Crippen molar-refractivity contribution in [1.82, 2.24) is 0 Å². The molecule has 3 heteroatoms. The average Bonchev–Trinajstić information content (AvgIpc) is 2.86. The molecule has 0 heterocycles. The monoisotopic (exact) mass is 193 g/mol. The maximum absolute atomic E-state index is 9.28. The molecule has 0 unspecified atom stereocenters. The van der Waals surface area contributed by atoms with Crippen LogP contribution in [0.2, 0.25) is 0 Å². The molecular weight excluding hydrogens is 178 g/mol. The van der Waals surface area contributed by atoms with Crippen LogP contribution in [0, 0.1) is 5.92 Å². The second kappa shape index (κ2) is 3.50. The van der Waals surface area contributed by atoms with Gasteiger partial charge < -0.3 is 15.9 Å². The third-order valence-corrected chi connectivity index (χ3v) is 2.64. The highest BCUT2D eigenvalue weighted by Crippen LogP contribution is 2.37. The van der Waals surface area contributed by atoms with Gasteiger partial charge >= 0.3 is 0 Å². The van der Waals surface area contributed by atoms with Crippen LogP contribution in [-0.2, 0) is 0 Å². The Morgan fingerprint density at radius 1 is 1.21 bits per heavy atom. The highest BCUT2D eigenvalue weighted by molar-refractivity contribution is 5.38. The third kappa shape index (κ3) is 2.17. The fraction of sp³-hybridized carbons (Fsp3) is 0.455. The molecule has 3 nitrogen and oxygen atoms in total. The van der Waals surface area contributed by atoms with Gasteiger partial charge in [-0.25, -0.2) is 0 Å². The molecule has 14 heavy (non-hydrogen) atoms. The first-order chi connectivity index (χ1) is 6.65. The molecule has 0 amide bonds. The first kappa shape index (κ1) is 9.34. The first-order valence-corrected chi connectivity index (χ1v) is 4.93. The number of hydrogen-bond donors (Lipinski definition) is 3. The van der Waals surface area contributed by atoms with E-state index in [0.717, 1.165) is 17.9 Å². The number of phenols is 2. The Morgan fingerprint density at radius 3 is 2.29 bits per heavy atom. The minimum Gasteiger partial charge on any atom is -0.508 e. The molecule has 1 aliphatic carbocycles. The fourth-order valence-corrected chi connectivity index (χ4v) is 1.68. The second-order valence-electron chi connectivity index (χ2n) is 4.07. The van der Waals surface area contributed by atoms with Crippen molar-refractivity contribution in [2.75, 3.05) is 0 Å². The lowest BCUT2D eigenvalue weighted by Crippen LogP contribution is -2.10. The summed E-state index contributed by atoms with van der Waals surface area (Å²) in [4.78, 5) is 0. The zero-order valence-electron chi connectivity index (χ0n) is 7.98. The van der Waals surface area contributed by atoms with Crippen molar-refractivity contribution >= 4 is 0 Å². The average molecular weight is 193 g/mol. The van der Waals surface area contributed by atoms with Crippen LogP contribution < -0.4 is 5.73 Å². The fourth-order valence-electron chi connectivity index (χ4n) is 1.68. The van der Waals surface area contributed by atoms with E-state index in [0.29, 0.717) is 0 Å². The molecule has 1 aromatic carbocycles. The van der Waals surface area contributed by atoms with Gasteiger partial charge in [0.2, 0.25) is 0 Å². The van der Waals surface area contributed by atoms with E-state index in [1.165, 1.54) is 18.9 Å². The molecule has 1 aromatic rings. The minimum absolute atomic E-state index is 0.0690. The van der Waals surface area contributed by atoms with Crippen molar-refractivity contribution in [3.05, 3.63) is 23.8 Å². The van der Waals surface area contributed by atoms with Gasteiger partial charge in [-0.05, 0) is 30.0 Å². The zero-order chi connectivity index (χ0) is 10.1. The van der Waals surface area contributed by atoms with Gasteiger partial charge in [0.1, 0.15) is 11.5 Å². The zero-order valence-corrected chi connectivity index (χ0v) is 7.98. The summed E-state index contributed by atoms with van der Waals surface area (Å²) in [6, 6.07) is 4.48. The lowest BCUT2D eigenvalue weighted by Gasteiger charge is -2.11. The molecule has 0 aromatic heterocycles. The van der Waals surface area contributed by atoms with Crippen LogP contribution in [0.3, 0.4) is 0 Å². The topological polar surface area (TPSA) is 66.5 Å². The van der Waals surface area contributed by atoms with Crippen molar-refractivity contribution in [3.63, 3.8) is 0 Å². The molecule has 0 aliphatic heterocycles. The normalized spacial score (nSPS) is 18.1. The van der Waals surface area contributed by atoms with E-state index >= 15 is 0 Å². The number of hydrogen-bond acceptors (Lipinski definition) is 3. The Hall–Kier alpha value is -1.22. The smallest absolute Gasteiger partial charge is 0.119 e. The molecule has 1 fully saturated rings. The summed E-state index contributed by atoms with van der Waals surface area (Å²) in [7, 11) is 0. The molecule has 0 saturated heterocycles. The Labute approximate surface area is 83.2 Å². The van der Waals surface area contributed by atoms with Crippen molar-refractivity contribution in [2.45, 2.75) is 25.3 Å². The summed E-state index contributed by atoms with van der Waals surface area (Å²) < 4.78 is 0.